The van der Waals surface area contributed by atoms with Crippen molar-refractivity contribution in [2.75, 3.05) is 44.0 Å². The number of aromatic nitrogens is 3. The quantitative estimate of drug-likeness (QED) is 0.438. The molecule has 34 heavy (non-hydrogen) atoms. The van der Waals surface area contributed by atoms with Gasteiger partial charge in [-0.1, -0.05) is 6.92 Å². The van der Waals surface area contributed by atoms with Crippen molar-refractivity contribution >= 4 is 38.5 Å². The number of H-pyrrole nitrogens is 1. The normalized spacial score (nSPS) is 15.6. The topological polar surface area (TPSA) is 145 Å². The molecule has 1 atom stereocenters. The fourth-order valence-corrected chi connectivity index (χ4v) is 5.03. The molecule has 0 spiro atoms. The average Bonchev–Trinajstić information content (AvgIpc) is 3.28. The van der Waals surface area contributed by atoms with Crippen molar-refractivity contribution in [2.45, 2.75) is 31.2 Å². The first-order valence-electron chi connectivity index (χ1n) is 11.0. The lowest BCUT2D eigenvalue weighted by molar-refractivity contribution is 0.0730. The highest BCUT2D eigenvalue weighted by atomic mass is 32.2. The predicted octanol–water partition coefficient (Wildman–Crippen LogP) is 2.81. The molecular weight excluding hydrogens is 458 g/mol. The molecule has 180 valence electrons. The Morgan fingerprint density at radius 2 is 2.09 bits per heavy atom. The van der Waals surface area contributed by atoms with Gasteiger partial charge in [0.2, 0.25) is 16.0 Å². The van der Waals surface area contributed by atoms with Crippen LogP contribution in [0.3, 0.4) is 0 Å². The molecule has 0 radical (unpaired) electrons. The molecule has 0 aliphatic carbocycles. The number of hydrogen-bond donors (Lipinski definition) is 3. The summed E-state index contributed by atoms with van der Waals surface area (Å²) in [6.45, 7) is 5.44. The Balaban J connectivity index is 1.68. The molecule has 0 amide bonds. The minimum Gasteiger partial charge on any atom is -0.495 e. The smallest absolute Gasteiger partial charge is 0.243 e. The zero-order valence-corrected chi connectivity index (χ0v) is 20.1. The summed E-state index contributed by atoms with van der Waals surface area (Å²) in [6, 6.07) is 6.91. The molecule has 2 aromatic heterocycles. The Hall–Kier alpha value is -3.40. The second-order valence-electron chi connectivity index (χ2n) is 7.89. The van der Waals surface area contributed by atoms with Gasteiger partial charge in [-0.05, 0) is 25.5 Å². The van der Waals surface area contributed by atoms with E-state index in [0.29, 0.717) is 60.2 Å². The number of nitrogens with one attached hydrogen (secondary N) is 3. The number of morpholine rings is 1. The zero-order valence-electron chi connectivity index (χ0n) is 19.3. The SMILES string of the molecule is CC[C@H](C)Nc1nc(Nc2ccc(S(=O)(=O)N3CCOCC3)cc2OC)nc2[nH]cc(C#N)c12. The van der Waals surface area contributed by atoms with Crippen LogP contribution in [0.2, 0.25) is 0 Å². The maximum Gasteiger partial charge on any atom is 0.243 e. The number of anilines is 3. The van der Waals surface area contributed by atoms with Gasteiger partial charge in [-0.3, -0.25) is 0 Å². The van der Waals surface area contributed by atoms with Gasteiger partial charge in [0.05, 0.1) is 41.9 Å². The minimum absolute atomic E-state index is 0.131. The van der Waals surface area contributed by atoms with Crippen molar-refractivity contribution in [3.8, 4) is 11.8 Å². The van der Waals surface area contributed by atoms with E-state index in [1.165, 1.54) is 23.5 Å². The molecule has 3 N–H and O–H groups in total. The van der Waals surface area contributed by atoms with Crippen molar-refractivity contribution < 1.29 is 17.9 Å². The van der Waals surface area contributed by atoms with Gasteiger partial charge >= 0.3 is 0 Å². The number of nitriles is 1. The monoisotopic (exact) mass is 485 g/mol. The van der Waals surface area contributed by atoms with E-state index >= 15 is 0 Å². The lowest BCUT2D eigenvalue weighted by atomic mass is 10.2. The van der Waals surface area contributed by atoms with Crippen LogP contribution in [0, 0.1) is 11.3 Å². The van der Waals surface area contributed by atoms with Crippen LogP contribution in [0.4, 0.5) is 17.5 Å². The second kappa shape index (κ2) is 9.84. The van der Waals surface area contributed by atoms with Crippen molar-refractivity contribution in [2.24, 2.45) is 0 Å². The van der Waals surface area contributed by atoms with Gasteiger partial charge in [0.1, 0.15) is 23.3 Å². The third kappa shape index (κ3) is 4.63. The standard InChI is InChI=1S/C22H27N7O4S/c1-4-14(2)25-21-19-15(12-23)13-24-20(19)27-22(28-21)26-17-6-5-16(11-18(17)32-3)34(30,31)29-7-9-33-10-8-29/h5-6,11,13-14H,4,7-10H2,1-3H3,(H3,24,25,26,27,28)/t14-/m0/s1. The van der Waals surface area contributed by atoms with Gasteiger partial charge in [0, 0.05) is 31.4 Å². The number of aromatic amines is 1. The third-order valence-electron chi connectivity index (χ3n) is 5.67. The Morgan fingerprint density at radius 3 is 2.76 bits per heavy atom. The zero-order chi connectivity index (χ0) is 24.3. The van der Waals surface area contributed by atoms with Crippen LogP contribution < -0.4 is 15.4 Å². The molecular formula is C22H27N7O4S. The molecule has 0 bridgehead atoms. The van der Waals surface area contributed by atoms with Gasteiger partial charge in [0.15, 0.2) is 0 Å². The van der Waals surface area contributed by atoms with Gasteiger partial charge in [-0.2, -0.15) is 19.5 Å². The van der Waals surface area contributed by atoms with Crippen LogP contribution in [0.5, 0.6) is 5.75 Å². The van der Waals surface area contributed by atoms with Crippen molar-refractivity contribution in [1.82, 2.24) is 19.3 Å². The Kier molecular flexibility index (Phi) is 6.87. The third-order valence-corrected chi connectivity index (χ3v) is 7.57. The van der Waals surface area contributed by atoms with Crippen LogP contribution in [0.15, 0.2) is 29.3 Å². The van der Waals surface area contributed by atoms with Crippen molar-refractivity contribution in [3.05, 3.63) is 30.0 Å². The van der Waals surface area contributed by atoms with E-state index in [1.807, 2.05) is 6.92 Å². The Bertz CT molecular complexity index is 1330. The molecule has 3 heterocycles. The van der Waals surface area contributed by atoms with Crippen LogP contribution in [0.1, 0.15) is 25.8 Å². The first-order valence-corrected chi connectivity index (χ1v) is 12.4. The second-order valence-corrected chi connectivity index (χ2v) is 9.83. The van der Waals surface area contributed by atoms with E-state index in [2.05, 4.69) is 38.6 Å². The van der Waals surface area contributed by atoms with Gasteiger partial charge in [0.25, 0.3) is 0 Å². The first-order chi connectivity index (χ1) is 16.4. The number of benzene rings is 1. The molecule has 1 aromatic carbocycles. The van der Waals surface area contributed by atoms with Crippen molar-refractivity contribution in [1.29, 1.82) is 5.26 Å². The molecule has 4 rings (SSSR count). The van der Waals surface area contributed by atoms with Crippen LogP contribution in [0.25, 0.3) is 11.0 Å². The largest absolute Gasteiger partial charge is 0.495 e. The highest BCUT2D eigenvalue weighted by Gasteiger charge is 2.27. The average molecular weight is 486 g/mol. The van der Waals surface area contributed by atoms with E-state index in [9.17, 15) is 13.7 Å². The fourth-order valence-electron chi connectivity index (χ4n) is 3.61. The maximum absolute atomic E-state index is 13.0. The number of nitrogens with zero attached hydrogens (tertiary/aromatic N) is 4. The lowest BCUT2D eigenvalue weighted by Crippen LogP contribution is -2.40. The summed E-state index contributed by atoms with van der Waals surface area (Å²) in [7, 11) is -2.20. The minimum atomic E-state index is -3.67. The molecule has 3 aromatic rings. The molecule has 12 heteroatoms. The molecule has 11 nitrogen and oxygen atoms in total. The first kappa shape index (κ1) is 23.7. The van der Waals surface area contributed by atoms with E-state index < -0.39 is 10.0 Å². The van der Waals surface area contributed by atoms with Gasteiger partial charge in [-0.25, -0.2) is 8.42 Å². The van der Waals surface area contributed by atoms with E-state index in [1.54, 1.807) is 12.3 Å². The molecule has 0 saturated carbocycles. The highest BCUT2D eigenvalue weighted by molar-refractivity contribution is 7.89. The van der Waals surface area contributed by atoms with E-state index in [4.69, 9.17) is 9.47 Å². The summed E-state index contributed by atoms with van der Waals surface area (Å²) in [5.74, 6) is 1.13. The van der Waals surface area contributed by atoms with E-state index in [-0.39, 0.29) is 16.9 Å². The Labute approximate surface area is 198 Å². The summed E-state index contributed by atoms with van der Waals surface area (Å²) >= 11 is 0. The highest BCUT2D eigenvalue weighted by Crippen LogP contribution is 2.32. The summed E-state index contributed by atoms with van der Waals surface area (Å²) in [4.78, 5) is 12.2. The number of hydrogen-bond acceptors (Lipinski definition) is 9. The Morgan fingerprint density at radius 1 is 1.32 bits per heavy atom. The summed E-state index contributed by atoms with van der Waals surface area (Å²) in [5.41, 5.74) is 1.46. The van der Waals surface area contributed by atoms with Gasteiger partial charge in [-0.15, -0.1) is 0 Å². The number of sulfonamides is 1. The molecule has 0 unspecified atom stereocenters. The number of methoxy groups -OCH3 is 1. The van der Waals surface area contributed by atoms with Gasteiger partial charge < -0.3 is 25.1 Å². The number of fused-ring (bicyclic) bond motifs is 1. The fraction of sp³-hybridized carbons (Fsp3) is 0.409. The molecule has 1 fully saturated rings. The summed E-state index contributed by atoms with van der Waals surface area (Å²) in [6.07, 6.45) is 2.46. The number of rotatable bonds is 8. The predicted molar refractivity (Wildman–Crippen MR) is 128 cm³/mol. The van der Waals surface area contributed by atoms with Crippen LogP contribution >= 0.6 is 0 Å². The van der Waals surface area contributed by atoms with Crippen LogP contribution in [-0.2, 0) is 14.8 Å². The van der Waals surface area contributed by atoms with E-state index in [0.717, 1.165) is 6.42 Å². The molecule has 1 saturated heterocycles. The lowest BCUT2D eigenvalue weighted by Gasteiger charge is -2.26. The molecule has 1 aliphatic heterocycles. The van der Waals surface area contributed by atoms with Crippen LogP contribution in [-0.4, -0.2) is 67.1 Å². The number of ether oxygens (including phenoxy) is 2. The summed E-state index contributed by atoms with van der Waals surface area (Å²) < 4.78 is 38.2. The molecule has 1 aliphatic rings. The maximum atomic E-state index is 13.0. The summed E-state index contributed by atoms with van der Waals surface area (Å²) in [5, 5.41) is 16.5. The van der Waals surface area contributed by atoms with Crippen molar-refractivity contribution in [3.63, 3.8) is 0 Å².